The Labute approximate surface area is 97.8 Å². The number of aliphatic hydroxyl groups excluding tert-OH is 1. The van der Waals surface area contributed by atoms with Gasteiger partial charge in [0.15, 0.2) is 6.29 Å². The average molecular weight is 257 g/mol. The van der Waals surface area contributed by atoms with Crippen LogP contribution in [0.3, 0.4) is 0 Å². The Hall–Kier alpha value is 1.16. The fourth-order valence-corrected chi connectivity index (χ4v) is 0.366. The first-order valence-corrected chi connectivity index (χ1v) is 2.38. The van der Waals surface area contributed by atoms with Crippen molar-refractivity contribution in [2.45, 2.75) is 19.1 Å². The topological polar surface area (TPSA) is 46.5 Å². The van der Waals surface area contributed by atoms with Crippen molar-refractivity contribution in [3.05, 3.63) is 0 Å². The molecule has 2 unspecified atom stereocenters. The first-order chi connectivity index (χ1) is 3.72. The molecular weight excluding hydrogens is 245 g/mol. The van der Waals surface area contributed by atoms with Crippen LogP contribution in [0.2, 0.25) is 0 Å². The quantitative estimate of drug-likeness (QED) is 0.544. The number of rotatable bonds is 3. The molecule has 4 heteroatoms. The maximum absolute atomic E-state index is 9.89. The van der Waals surface area contributed by atoms with Crippen molar-refractivity contribution in [3.8, 4) is 0 Å². The molecule has 0 fully saturated rings. The number of hydrogen-bond donors (Lipinski definition) is 1. The Morgan fingerprint density at radius 1 is 1.78 bits per heavy atom. The zero-order chi connectivity index (χ0) is 6.57. The molecule has 0 saturated carbocycles. The fourth-order valence-electron chi connectivity index (χ4n) is 0.366. The van der Waals surface area contributed by atoms with Gasteiger partial charge in [-0.2, -0.15) is 0 Å². The normalized spacial score (nSPS) is 15.4. The Morgan fingerprint density at radius 2 is 2.22 bits per heavy atom. The summed E-state index contributed by atoms with van der Waals surface area (Å²) in [5.41, 5.74) is 0. The molecule has 0 radical (unpaired) electrons. The van der Waals surface area contributed by atoms with E-state index in [2.05, 4.69) is 4.74 Å². The molecule has 0 aromatic heterocycles. The van der Waals surface area contributed by atoms with E-state index in [9.17, 15) is 4.79 Å². The third-order valence-corrected chi connectivity index (χ3v) is 0.882. The van der Waals surface area contributed by atoms with Crippen molar-refractivity contribution >= 4 is 55.2 Å². The van der Waals surface area contributed by atoms with Gasteiger partial charge < -0.3 is 17.5 Å². The first-order valence-electron chi connectivity index (χ1n) is 2.38. The van der Waals surface area contributed by atoms with Crippen LogP contribution in [-0.4, -0.2) is 79.6 Å². The Bertz CT molecular complexity index is 82.1. The molecule has 0 aliphatic heterocycles. The maximum Gasteiger partial charge on any atom is 2.00 e. The standard InChI is InChI=1S/C5H10O3.Ba.2H/c1-4(7)5(3-6)8-2;;;/h3-5,7H,1-2H3;;;/q;+2;2*-1. The van der Waals surface area contributed by atoms with Gasteiger partial charge in [0.1, 0.15) is 6.10 Å². The molecule has 0 saturated heterocycles. The summed E-state index contributed by atoms with van der Waals surface area (Å²) in [5, 5.41) is 8.66. The third kappa shape index (κ3) is 5.60. The van der Waals surface area contributed by atoms with Crippen LogP contribution >= 0.6 is 0 Å². The van der Waals surface area contributed by atoms with Crippen molar-refractivity contribution in [1.82, 2.24) is 0 Å². The summed E-state index contributed by atoms with van der Waals surface area (Å²) in [5.74, 6) is 0. The number of aldehydes is 1. The van der Waals surface area contributed by atoms with Crippen molar-refractivity contribution in [1.29, 1.82) is 0 Å². The minimum Gasteiger partial charge on any atom is -1.00 e. The predicted octanol–water partition coefficient (Wildman–Crippen LogP) is -0.575. The number of methoxy groups -OCH3 is 1. The summed E-state index contributed by atoms with van der Waals surface area (Å²) >= 11 is 0. The number of carbonyl (C=O) groups is 1. The van der Waals surface area contributed by atoms with E-state index in [1.54, 1.807) is 0 Å². The zero-order valence-corrected chi connectivity index (χ0v) is 10.1. The van der Waals surface area contributed by atoms with Crippen molar-refractivity contribution in [3.63, 3.8) is 0 Å². The smallest absolute Gasteiger partial charge is 1.00 e. The summed E-state index contributed by atoms with van der Waals surface area (Å²) in [6.45, 7) is 1.50. The van der Waals surface area contributed by atoms with Gasteiger partial charge in [-0.1, -0.05) is 0 Å². The SMILES string of the molecule is COC(C=O)C(C)O.[Ba+2].[H-].[H-]. The van der Waals surface area contributed by atoms with Gasteiger partial charge in [-0.15, -0.1) is 0 Å². The number of carbonyl (C=O) groups excluding carboxylic acids is 1. The number of aliphatic hydroxyl groups is 1. The zero-order valence-electron chi connectivity index (χ0n) is 7.70. The van der Waals surface area contributed by atoms with Gasteiger partial charge in [0, 0.05) is 7.11 Å². The Balaban J connectivity index is -0.0000000817. The second-order valence-electron chi connectivity index (χ2n) is 1.58. The Morgan fingerprint density at radius 3 is 2.22 bits per heavy atom. The Kier molecular flexibility index (Phi) is 10.3. The molecule has 2 atom stereocenters. The molecule has 0 rings (SSSR count). The molecular formula is C5H12BaO3. The second-order valence-corrected chi connectivity index (χ2v) is 1.58. The largest absolute Gasteiger partial charge is 2.00 e. The number of hydrogen-bond acceptors (Lipinski definition) is 3. The molecule has 0 aromatic carbocycles. The van der Waals surface area contributed by atoms with Gasteiger partial charge in [-0.05, 0) is 6.92 Å². The molecule has 1 N–H and O–H groups in total. The van der Waals surface area contributed by atoms with Crippen LogP contribution in [0, 0.1) is 0 Å². The molecule has 0 heterocycles. The van der Waals surface area contributed by atoms with Crippen molar-refractivity contribution < 1.29 is 17.5 Å². The van der Waals surface area contributed by atoms with Crippen LogP contribution in [0.5, 0.6) is 0 Å². The minimum atomic E-state index is -0.711. The maximum atomic E-state index is 9.89. The summed E-state index contributed by atoms with van der Waals surface area (Å²) in [6.07, 6.45) is -0.808. The molecule has 0 bridgehead atoms. The molecule has 0 aliphatic rings. The summed E-state index contributed by atoms with van der Waals surface area (Å²) < 4.78 is 4.54. The van der Waals surface area contributed by atoms with Gasteiger partial charge in [0.05, 0.1) is 6.10 Å². The summed E-state index contributed by atoms with van der Waals surface area (Å²) in [7, 11) is 1.38. The van der Waals surface area contributed by atoms with Gasteiger partial charge in [0.2, 0.25) is 0 Å². The molecule has 0 aromatic rings. The van der Waals surface area contributed by atoms with E-state index in [-0.39, 0.29) is 51.7 Å². The van der Waals surface area contributed by atoms with E-state index in [0.29, 0.717) is 6.29 Å². The van der Waals surface area contributed by atoms with Crippen LogP contribution in [0.4, 0.5) is 0 Å². The molecule has 0 aliphatic carbocycles. The van der Waals surface area contributed by atoms with Crippen LogP contribution in [0.25, 0.3) is 0 Å². The van der Waals surface area contributed by atoms with Gasteiger partial charge >= 0.3 is 48.9 Å². The van der Waals surface area contributed by atoms with Crippen LogP contribution < -0.4 is 0 Å². The monoisotopic (exact) mass is 258 g/mol. The predicted molar refractivity (Wildman–Crippen MR) is 36.5 cm³/mol. The molecule has 0 amide bonds. The van der Waals surface area contributed by atoms with E-state index in [1.165, 1.54) is 14.0 Å². The van der Waals surface area contributed by atoms with Crippen molar-refractivity contribution in [2.75, 3.05) is 7.11 Å². The molecule has 52 valence electrons. The van der Waals surface area contributed by atoms with E-state index in [0.717, 1.165) is 0 Å². The fraction of sp³-hybridized carbons (Fsp3) is 0.800. The second kappa shape index (κ2) is 7.27. The average Bonchev–Trinajstić information content (AvgIpc) is 1.69. The summed E-state index contributed by atoms with van der Waals surface area (Å²) in [4.78, 5) is 9.89. The van der Waals surface area contributed by atoms with Crippen LogP contribution in [-0.2, 0) is 9.53 Å². The van der Waals surface area contributed by atoms with Crippen LogP contribution in [0.15, 0.2) is 0 Å². The number of ether oxygens (including phenoxy) is 1. The first kappa shape index (κ1) is 12.8. The minimum absolute atomic E-state index is 0. The van der Waals surface area contributed by atoms with E-state index >= 15 is 0 Å². The molecule has 3 nitrogen and oxygen atoms in total. The van der Waals surface area contributed by atoms with E-state index in [1.807, 2.05) is 0 Å². The van der Waals surface area contributed by atoms with E-state index < -0.39 is 12.2 Å². The van der Waals surface area contributed by atoms with Gasteiger partial charge in [-0.3, -0.25) is 0 Å². The third-order valence-electron chi connectivity index (χ3n) is 0.882. The van der Waals surface area contributed by atoms with Gasteiger partial charge in [0.25, 0.3) is 0 Å². The van der Waals surface area contributed by atoms with E-state index in [4.69, 9.17) is 5.11 Å². The molecule has 0 spiro atoms. The van der Waals surface area contributed by atoms with Gasteiger partial charge in [-0.25, -0.2) is 0 Å². The molecule has 9 heavy (non-hydrogen) atoms. The van der Waals surface area contributed by atoms with Crippen molar-refractivity contribution in [2.24, 2.45) is 0 Å². The van der Waals surface area contributed by atoms with Crippen LogP contribution in [0.1, 0.15) is 9.78 Å². The summed E-state index contributed by atoms with van der Waals surface area (Å²) in [6, 6.07) is 0.